The number of rotatable bonds is 15. The fourth-order valence-electron chi connectivity index (χ4n) is 2.49. The van der Waals surface area contributed by atoms with Gasteiger partial charge in [0.15, 0.2) is 5.12 Å². The molecule has 0 fully saturated rings. The Labute approximate surface area is 144 Å². The minimum atomic E-state index is -0.611. The zero-order valence-electron chi connectivity index (χ0n) is 15.3. The molecule has 0 aliphatic carbocycles. The third kappa shape index (κ3) is 12.7. The fourth-order valence-corrected chi connectivity index (χ4v) is 4.92. The van der Waals surface area contributed by atoms with Gasteiger partial charge in [-0.2, -0.15) is 0 Å². The van der Waals surface area contributed by atoms with Crippen molar-refractivity contribution in [3.8, 4) is 0 Å². The van der Waals surface area contributed by atoms with Gasteiger partial charge in [0.05, 0.1) is 0 Å². The topological polar surface area (TPSA) is 26.3 Å². The van der Waals surface area contributed by atoms with E-state index in [0.717, 1.165) is 31.4 Å². The van der Waals surface area contributed by atoms with Crippen molar-refractivity contribution in [3.63, 3.8) is 0 Å². The highest BCUT2D eigenvalue weighted by Crippen LogP contribution is 2.18. The Kier molecular flexibility index (Phi) is 16.2. The standard InChI is InChI=1S/C18H37O2SSi/c1-5-9-10-11-12-14-18(19)21-16-15-17(13-6-2)20-22(7-3)8-4/h17H,5-16H2,1-4H3. The van der Waals surface area contributed by atoms with Gasteiger partial charge in [0.25, 0.3) is 0 Å². The van der Waals surface area contributed by atoms with Crippen LogP contribution in [-0.4, -0.2) is 26.0 Å². The predicted molar refractivity (Wildman–Crippen MR) is 102 cm³/mol. The third-order valence-electron chi connectivity index (χ3n) is 3.92. The van der Waals surface area contributed by atoms with Crippen molar-refractivity contribution in [2.45, 2.75) is 104 Å². The first-order valence-corrected chi connectivity index (χ1v) is 12.2. The van der Waals surface area contributed by atoms with Crippen LogP contribution in [0.1, 0.15) is 85.5 Å². The van der Waals surface area contributed by atoms with E-state index in [2.05, 4.69) is 27.7 Å². The van der Waals surface area contributed by atoms with Gasteiger partial charge in [-0.15, -0.1) is 0 Å². The van der Waals surface area contributed by atoms with Crippen molar-refractivity contribution in [2.24, 2.45) is 0 Å². The van der Waals surface area contributed by atoms with E-state index in [-0.39, 0.29) is 0 Å². The summed E-state index contributed by atoms with van der Waals surface area (Å²) in [7, 11) is -0.611. The summed E-state index contributed by atoms with van der Waals surface area (Å²) >= 11 is 1.53. The highest BCUT2D eigenvalue weighted by molar-refractivity contribution is 8.13. The Morgan fingerprint density at radius 1 is 0.955 bits per heavy atom. The van der Waals surface area contributed by atoms with E-state index in [0.29, 0.717) is 11.2 Å². The number of unbranched alkanes of at least 4 members (excludes halogenated alkanes) is 4. The molecule has 0 amide bonds. The number of carbonyl (C=O) groups is 1. The van der Waals surface area contributed by atoms with Crippen molar-refractivity contribution < 1.29 is 9.22 Å². The summed E-state index contributed by atoms with van der Waals surface area (Å²) in [6.45, 7) is 8.91. The number of hydrogen-bond donors (Lipinski definition) is 0. The summed E-state index contributed by atoms with van der Waals surface area (Å²) in [6, 6.07) is 2.37. The molecule has 0 aliphatic heterocycles. The van der Waals surface area contributed by atoms with Crippen molar-refractivity contribution in [1.82, 2.24) is 0 Å². The molecular weight excluding hydrogens is 308 g/mol. The molecule has 22 heavy (non-hydrogen) atoms. The van der Waals surface area contributed by atoms with Crippen LogP contribution < -0.4 is 0 Å². The van der Waals surface area contributed by atoms with E-state index < -0.39 is 9.04 Å². The van der Waals surface area contributed by atoms with E-state index in [4.69, 9.17) is 4.43 Å². The lowest BCUT2D eigenvalue weighted by Crippen LogP contribution is -2.25. The largest absolute Gasteiger partial charge is 0.414 e. The highest BCUT2D eigenvalue weighted by Gasteiger charge is 2.16. The second-order valence-electron chi connectivity index (χ2n) is 5.95. The molecule has 0 spiro atoms. The quantitative estimate of drug-likeness (QED) is 0.260. The molecule has 0 aromatic heterocycles. The zero-order valence-corrected chi connectivity index (χ0v) is 17.1. The maximum absolute atomic E-state index is 11.9. The van der Waals surface area contributed by atoms with Gasteiger partial charge in [0.1, 0.15) is 0 Å². The van der Waals surface area contributed by atoms with E-state index in [9.17, 15) is 4.79 Å². The smallest absolute Gasteiger partial charge is 0.211 e. The Balaban J connectivity index is 3.79. The second kappa shape index (κ2) is 16.1. The van der Waals surface area contributed by atoms with Gasteiger partial charge in [0.2, 0.25) is 9.04 Å². The molecule has 1 unspecified atom stereocenters. The molecule has 0 rings (SSSR count). The maximum Gasteiger partial charge on any atom is 0.211 e. The average molecular weight is 346 g/mol. The predicted octanol–water partition coefficient (Wildman–Crippen LogP) is 6.21. The Bertz CT molecular complexity index is 257. The molecule has 0 aromatic carbocycles. The SMILES string of the molecule is CCCCCCCC(=O)SCCC(CCC)O[Si](CC)CC. The molecule has 0 saturated carbocycles. The fraction of sp³-hybridized carbons (Fsp3) is 0.944. The monoisotopic (exact) mass is 345 g/mol. The molecule has 0 heterocycles. The number of hydrogen-bond acceptors (Lipinski definition) is 3. The van der Waals surface area contributed by atoms with E-state index in [1.54, 1.807) is 0 Å². The summed E-state index contributed by atoms with van der Waals surface area (Å²) in [6.07, 6.45) is 10.6. The molecular formula is C18H37O2SSi. The van der Waals surface area contributed by atoms with Gasteiger partial charge >= 0.3 is 0 Å². The molecule has 0 N–H and O–H groups in total. The molecule has 0 aromatic rings. The Morgan fingerprint density at radius 2 is 1.64 bits per heavy atom. The van der Waals surface area contributed by atoms with Gasteiger partial charge in [-0.1, -0.05) is 71.6 Å². The van der Waals surface area contributed by atoms with Gasteiger partial charge in [-0.3, -0.25) is 4.79 Å². The lowest BCUT2D eigenvalue weighted by Gasteiger charge is -2.22. The van der Waals surface area contributed by atoms with E-state index in [1.165, 1.54) is 56.0 Å². The van der Waals surface area contributed by atoms with Crippen LogP contribution >= 0.6 is 11.8 Å². The molecule has 2 nitrogen and oxygen atoms in total. The van der Waals surface area contributed by atoms with Gasteiger partial charge in [0, 0.05) is 18.3 Å². The van der Waals surface area contributed by atoms with Gasteiger partial charge < -0.3 is 4.43 Å². The second-order valence-corrected chi connectivity index (χ2v) is 9.83. The average Bonchev–Trinajstić information content (AvgIpc) is 2.52. The Morgan fingerprint density at radius 3 is 2.23 bits per heavy atom. The van der Waals surface area contributed by atoms with Crippen molar-refractivity contribution in [3.05, 3.63) is 0 Å². The third-order valence-corrected chi connectivity index (χ3v) is 7.13. The first-order chi connectivity index (χ1) is 10.7. The van der Waals surface area contributed by atoms with Crippen LogP contribution in [0, 0.1) is 0 Å². The number of thioether (sulfide) groups is 1. The van der Waals surface area contributed by atoms with Crippen LogP contribution in [0.5, 0.6) is 0 Å². The molecule has 1 atom stereocenters. The van der Waals surface area contributed by atoms with Crippen LogP contribution in [0.4, 0.5) is 0 Å². The first-order valence-electron chi connectivity index (χ1n) is 9.34. The summed E-state index contributed by atoms with van der Waals surface area (Å²) in [5.41, 5.74) is 0. The van der Waals surface area contributed by atoms with Crippen LogP contribution in [0.15, 0.2) is 0 Å². The zero-order chi connectivity index (χ0) is 16.6. The normalized spacial score (nSPS) is 12.8. The summed E-state index contributed by atoms with van der Waals surface area (Å²) < 4.78 is 6.27. The highest BCUT2D eigenvalue weighted by atomic mass is 32.2. The van der Waals surface area contributed by atoms with E-state index >= 15 is 0 Å². The Hall–Kier alpha value is 0.197. The molecule has 0 bridgehead atoms. The summed E-state index contributed by atoms with van der Waals surface area (Å²) in [5, 5.41) is 0.378. The van der Waals surface area contributed by atoms with Crippen LogP contribution in [-0.2, 0) is 9.22 Å². The van der Waals surface area contributed by atoms with E-state index in [1.807, 2.05) is 0 Å². The minimum absolute atomic E-state index is 0.378. The van der Waals surface area contributed by atoms with Gasteiger partial charge in [-0.25, -0.2) is 0 Å². The van der Waals surface area contributed by atoms with Crippen molar-refractivity contribution >= 4 is 25.9 Å². The molecule has 0 aliphatic rings. The van der Waals surface area contributed by atoms with Crippen LogP contribution in [0.2, 0.25) is 12.1 Å². The molecule has 131 valence electrons. The number of carbonyl (C=O) groups excluding carboxylic acids is 1. The van der Waals surface area contributed by atoms with Crippen molar-refractivity contribution in [2.75, 3.05) is 5.75 Å². The molecule has 4 heteroatoms. The lowest BCUT2D eigenvalue weighted by molar-refractivity contribution is -0.111. The van der Waals surface area contributed by atoms with Crippen molar-refractivity contribution in [1.29, 1.82) is 0 Å². The summed E-state index contributed by atoms with van der Waals surface area (Å²) in [4.78, 5) is 11.9. The van der Waals surface area contributed by atoms with Gasteiger partial charge in [-0.05, 0) is 31.4 Å². The van der Waals surface area contributed by atoms with Crippen LogP contribution in [0.3, 0.4) is 0 Å². The first kappa shape index (κ1) is 22.2. The van der Waals surface area contributed by atoms with Crippen LogP contribution in [0.25, 0.3) is 0 Å². The maximum atomic E-state index is 11.9. The lowest BCUT2D eigenvalue weighted by atomic mass is 10.1. The minimum Gasteiger partial charge on any atom is -0.414 e. The molecule has 1 radical (unpaired) electrons. The summed E-state index contributed by atoms with van der Waals surface area (Å²) in [5.74, 6) is 0.932. The molecule has 0 saturated heterocycles.